The monoisotopic (exact) mass is 174 g/mol. The maximum Gasteiger partial charge on any atom is 0.221 e. The van der Waals surface area contributed by atoms with E-state index < -0.39 is 9.84 Å². The fraction of sp³-hybridized carbons (Fsp3) is 0.500. The minimum absolute atomic E-state index is 0.0856. The highest BCUT2D eigenvalue weighted by atomic mass is 32.2. The average molecular weight is 174 g/mol. The molecule has 1 aliphatic heterocycles. The van der Waals surface area contributed by atoms with Crippen molar-refractivity contribution in [1.29, 1.82) is 0 Å². The largest absolute Gasteiger partial charge is 0.357 e. The molecule has 4 nitrogen and oxygen atoms in total. The molecule has 0 radical (unpaired) electrons. The zero-order chi connectivity index (χ0) is 8.32. The standard InChI is InChI=1S/C6H10N2O2S/c1-2-11(9,10)6-7-4-3-5-8-6/h3-4H,2,5H2,1H3,(H,7,8). The fourth-order valence-electron chi connectivity index (χ4n) is 0.692. The summed E-state index contributed by atoms with van der Waals surface area (Å²) in [5.41, 5.74) is 0. The highest BCUT2D eigenvalue weighted by molar-refractivity contribution is 8.06. The first-order chi connectivity index (χ1) is 5.17. The van der Waals surface area contributed by atoms with Crippen molar-refractivity contribution < 1.29 is 8.42 Å². The first-order valence-electron chi connectivity index (χ1n) is 3.36. The molecule has 0 saturated carbocycles. The van der Waals surface area contributed by atoms with Gasteiger partial charge in [0.05, 0.1) is 5.75 Å². The van der Waals surface area contributed by atoms with Gasteiger partial charge in [-0.05, 0) is 6.08 Å². The molecule has 5 heteroatoms. The molecular formula is C6H10N2O2S. The van der Waals surface area contributed by atoms with Gasteiger partial charge in [0.15, 0.2) is 0 Å². The lowest BCUT2D eigenvalue weighted by molar-refractivity contribution is 0.606. The predicted octanol–water partition coefficient (Wildman–Crippen LogP) is -0.106. The van der Waals surface area contributed by atoms with Gasteiger partial charge in [-0.2, -0.15) is 0 Å². The van der Waals surface area contributed by atoms with Gasteiger partial charge in [0, 0.05) is 12.7 Å². The van der Waals surface area contributed by atoms with Gasteiger partial charge in [-0.1, -0.05) is 6.92 Å². The van der Waals surface area contributed by atoms with Crippen molar-refractivity contribution in [2.75, 3.05) is 12.3 Å². The summed E-state index contributed by atoms with van der Waals surface area (Å²) >= 11 is 0. The highest BCUT2D eigenvalue weighted by Gasteiger charge is 2.16. The molecule has 0 fully saturated rings. The predicted molar refractivity (Wildman–Crippen MR) is 44.0 cm³/mol. The number of nitrogens with zero attached hydrogens (tertiary/aromatic N) is 1. The van der Waals surface area contributed by atoms with Crippen LogP contribution >= 0.6 is 0 Å². The van der Waals surface area contributed by atoms with E-state index in [1.165, 1.54) is 6.20 Å². The van der Waals surface area contributed by atoms with Gasteiger partial charge < -0.3 is 5.32 Å². The second-order valence-corrected chi connectivity index (χ2v) is 4.30. The van der Waals surface area contributed by atoms with Crippen molar-refractivity contribution >= 4 is 15.0 Å². The van der Waals surface area contributed by atoms with Crippen LogP contribution in [0.2, 0.25) is 0 Å². The van der Waals surface area contributed by atoms with Gasteiger partial charge in [0.1, 0.15) is 0 Å². The number of aliphatic imine (C=N–C) groups is 1. The molecule has 1 rings (SSSR count). The van der Waals surface area contributed by atoms with Crippen LogP contribution in [0, 0.1) is 0 Å². The van der Waals surface area contributed by atoms with E-state index in [1.807, 2.05) is 0 Å². The molecule has 0 aromatic rings. The van der Waals surface area contributed by atoms with Crippen molar-refractivity contribution in [3.05, 3.63) is 12.3 Å². The maximum absolute atomic E-state index is 11.1. The molecule has 11 heavy (non-hydrogen) atoms. The number of amidine groups is 1. The molecule has 0 aromatic heterocycles. The molecule has 0 aromatic carbocycles. The van der Waals surface area contributed by atoms with E-state index in [0.717, 1.165) is 0 Å². The number of hydrogen-bond donors (Lipinski definition) is 1. The van der Waals surface area contributed by atoms with Gasteiger partial charge in [0.25, 0.3) is 0 Å². The molecule has 0 saturated heterocycles. The Balaban J connectivity index is 2.91. The van der Waals surface area contributed by atoms with Crippen molar-refractivity contribution in [2.24, 2.45) is 4.99 Å². The molecule has 0 aliphatic carbocycles. The van der Waals surface area contributed by atoms with Crippen LogP contribution in [0.5, 0.6) is 0 Å². The Morgan fingerprint density at radius 1 is 1.73 bits per heavy atom. The van der Waals surface area contributed by atoms with Crippen molar-refractivity contribution in [3.63, 3.8) is 0 Å². The van der Waals surface area contributed by atoms with Gasteiger partial charge >= 0.3 is 0 Å². The first-order valence-corrected chi connectivity index (χ1v) is 5.01. The van der Waals surface area contributed by atoms with Crippen LogP contribution in [0.1, 0.15) is 6.92 Å². The van der Waals surface area contributed by atoms with E-state index in [4.69, 9.17) is 0 Å². The van der Waals surface area contributed by atoms with E-state index in [2.05, 4.69) is 10.3 Å². The van der Waals surface area contributed by atoms with Crippen LogP contribution in [-0.2, 0) is 9.84 Å². The summed E-state index contributed by atoms with van der Waals surface area (Å²) in [6.45, 7) is 2.13. The van der Waals surface area contributed by atoms with Gasteiger partial charge in [-0.3, -0.25) is 0 Å². The van der Waals surface area contributed by atoms with Crippen LogP contribution in [0.3, 0.4) is 0 Å². The molecule has 1 N–H and O–H groups in total. The molecule has 1 aliphatic rings. The van der Waals surface area contributed by atoms with E-state index >= 15 is 0 Å². The van der Waals surface area contributed by atoms with E-state index in [0.29, 0.717) is 6.54 Å². The zero-order valence-corrected chi connectivity index (χ0v) is 7.06. The second kappa shape index (κ2) is 3.04. The molecule has 0 amide bonds. The van der Waals surface area contributed by atoms with Crippen molar-refractivity contribution in [1.82, 2.24) is 5.32 Å². The lowest BCUT2D eigenvalue weighted by Crippen LogP contribution is -2.33. The zero-order valence-electron chi connectivity index (χ0n) is 6.24. The lowest BCUT2D eigenvalue weighted by Gasteiger charge is -2.08. The summed E-state index contributed by atoms with van der Waals surface area (Å²) in [6, 6.07) is 0. The number of sulfone groups is 1. The molecule has 0 spiro atoms. The van der Waals surface area contributed by atoms with Gasteiger partial charge in [0.2, 0.25) is 15.0 Å². The van der Waals surface area contributed by atoms with E-state index in [1.54, 1.807) is 13.0 Å². The summed E-state index contributed by atoms with van der Waals surface area (Å²) in [5, 5.41) is 2.77. The van der Waals surface area contributed by atoms with E-state index in [9.17, 15) is 8.42 Å². The summed E-state index contributed by atoms with van der Waals surface area (Å²) in [4.78, 5) is 3.71. The van der Waals surface area contributed by atoms with Crippen LogP contribution in [0.15, 0.2) is 17.3 Å². The lowest BCUT2D eigenvalue weighted by atomic mass is 10.6. The van der Waals surface area contributed by atoms with Crippen LogP contribution in [0.25, 0.3) is 0 Å². The Hall–Kier alpha value is -0.840. The minimum Gasteiger partial charge on any atom is -0.357 e. The fourth-order valence-corrected chi connectivity index (χ4v) is 1.49. The third kappa shape index (κ3) is 1.80. The first kappa shape index (κ1) is 8.26. The SMILES string of the molecule is CCS(=O)(=O)C1=NC=CCN1. The summed E-state index contributed by atoms with van der Waals surface area (Å²) in [5.74, 6) is 0.0900. The minimum atomic E-state index is -3.13. The van der Waals surface area contributed by atoms with Gasteiger partial charge in [-0.15, -0.1) is 0 Å². The summed E-state index contributed by atoms with van der Waals surface area (Å²) in [6.07, 6.45) is 3.26. The smallest absolute Gasteiger partial charge is 0.221 e. The quantitative estimate of drug-likeness (QED) is 0.603. The third-order valence-electron chi connectivity index (χ3n) is 1.34. The number of nitrogens with one attached hydrogen (secondary N) is 1. The van der Waals surface area contributed by atoms with Crippen molar-refractivity contribution in [3.8, 4) is 0 Å². The van der Waals surface area contributed by atoms with E-state index in [-0.39, 0.29) is 10.9 Å². The summed E-state index contributed by atoms with van der Waals surface area (Å²) < 4.78 is 22.3. The maximum atomic E-state index is 11.1. The summed E-state index contributed by atoms with van der Waals surface area (Å²) in [7, 11) is -3.13. The van der Waals surface area contributed by atoms with Crippen LogP contribution in [0.4, 0.5) is 0 Å². The number of hydrogen-bond acceptors (Lipinski definition) is 4. The van der Waals surface area contributed by atoms with Crippen LogP contribution < -0.4 is 5.32 Å². The Bertz CT molecular complexity index is 290. The second-order valence-electron chi connectivity index (χ2n) is 2.10. The number of rotatable bonds is 1. The molecule has 0 unspecified atom stereocenters. The van der Waals surface area contributed by atoms with Crippen LogP contribution in [-0.4, -0.2) is 25.9 Å². The Kier molecular flexibility index (Phi) is 2.28. The Labute approximate surface area is 65.9 Å². The molecule has 1 heterocycles. The topological polar surface area (TPSA) is 58.5 Å². The Morgan fingerprint density at radius 3 is 2.91 bits per heavy atom. The molecule has 62 valence electrons. The molecular weight excluding hydrogens is 164 g/mol. The average Bonchev–Trinajstić information content (AvgIpc) is 2.06. The normalized spacial score (nSPS) is 17.4. The highest BCUT2D eigenvalue weighted by Crippen LogP contribution is 1.96. The third-order valence-corrected chi connectivity index (χ3v) is 2.94. The van der Waals surface area contributed by atoms with Gasteiger partial charge in [-0.25, -0.2) is 13.4 Å². The molecule has 0 bridgehead atoms. The van der Waals surface area contributed by atoms with Crippen molar-refractivity contribution in [2.45, 2.75) is 6.92 Å². The Morgan fingerprint density at radius 2 is 2.45 bits per heavy atom. The molecule has 0 atom stereocenters.